The van der Waals surface area contributed by atoms with E-state index in [0.29, 0.717) is 43.1 Å². The van der Waals surface area contributed by atoms with E-state index in [1.165, 1.54) is 29.8 Å². The Bertz CT molecular complexity index is 1970. The van der Waals surface area contributed by atoms with Gasteiger partial charge in [-0.25, -0.2) is 27.3 Å². The highest BCUT2D eigenvalue weighted by Gasteiger charge is 2.60. The van der Waals surface area contributed by atoms with Crippen LogP contribution in [0.1, 0.15) is 62.9 Å². The van der Waals surface area contributed by atoms with Gasteiger partial charge in [0.1, 0.15) is 17.0 Å². The molecule has 4 heterocycles. The predicted octanol–water partition coefficient (Wildman–Crippen LogP) is 7.32. The molecule has 0 spiro atoms. The van der Waals surface area contributed by atoms with E-state index in [1.54, 1.807) is 31.2 Å². The van der Waals surface area contributed by atoms with Gasteiger partial charge in [-0.1, -0.05) is 54.1 Å². The van der Waals surface area contributed by atoms with Gasteiger partial charge < -0.3 is 9.30 Å². The van der Waals surface area contributed by atoms with Crippen LogP contribution in [0.5, 0.6) is 0 Å². The minimum atomic E-state index is -4.20. The number of amides is 2. The number of alkyl halides is 2. The van der Waals surface area contributed by atoms with E-state index in [9.17, 15) is 17.6 Å². The molecule has 6 atom stereocenters. The number of nitrogens with zero attached hydrogens (tertiary/aromatic N) is 4. The number of nitrogens with one attached hydrogen (secondary N) is 1. The fourth-order valence-corrected chi connectivity index (χ4v) is 10.7. The molecule has 0 aliphatic carbocycles. The summed E-state index contributed by atoms with van der Waals surface area (Å²) in [7, 11) is -4.20. The monoisotopic (exact) mass is 741 g/mol. The minimum Gasteiger partial charge on any atom is -0.341 e. The summed E-state index contributed by atoms with van der Waals surface area (Å²) in [4.78, 5) is 22.2. The number of ether oxygens (including phenoxy) is 1. The number of piperidine rings is 2. The highest BCUT2D eigenvalue weighted by atomic mass is 35.5. The summed E-state index contributed by atoms with van der Waals surface area (Å²) in [5.74, 6) is 0.626. The number of imidazole rings is 1. The van der Waals surface area contributed by atoms with Gasteiger partial charge in [0.15, 0.2) is 0 Å². The molecule has 2 amide bonds. The first kappa shape index (κ1) is 35.2. The Kier molecular flexibility index (Phi) is 9.66. The van der Waals surface area contributed by atoms with Gasteiger partial charge >= 0.3 is 6.03 Å². The van der Waals surface area contributed by atoms with Crippen molar-refractivity contribution in [2.45, 2.75) is 91.4 Å². The lowest BCUT2D eigenvalue weighted by atomic mass is 9.69. The lowest BCUT2D eigenvalue weighted by molar-refractivity contribution is -0.105. The molecule has 4 aromatic rings. The van der Waals surface area contributed by atoms with Crippen molar-refractivity contribution in [1.29, 1.82) is 0 Å². The average Bonchev–Trinajstić information content (AvgIpc) is 3.55. The highest BCUT2D eigenvalue weighted by molar-refractivity contribution is 7.90. The number of para-hydroxylation sites is 2. The van der Waals surface area contributed by atoms with Gasteiger partial charge in [-0.3, -0.25) is 9.80 Å². The summed E-state index contributed by atoms with van der Waals surface area (Å²) in [5, 5.41) is -2.99. The maximum absolute atomic E-state index is 14.9. The van der Waals surface area contributed by atoms with E-state index in [4.69, 9.17) is 32.9 Å². The summed E-state index contributed by atoms with van der Waals surface area (Å²) < 4.78 is 51.8. The van der Waals surface area contributed by atoms with Crippen molar-refractivity contribution in [3.8, 4) is 0 Å². The number of fused-ring (bicyclic) bond motifs is 3. The Morgan fingerprint density at radius 3 is 2.42 bits per heavy atom. The maximum Gasteiger partial charge on any atom is 0.334 e. The van der Waals surface area contributed by atoms with Crippen LogP contribution in [-0.4, -0.2) is 76.1 Å². The molecule has 9 nitrogen and oxygen atoms in total. The van der Waals surface area contributed by atoms with Crippen molar-refractivity contribution in [3.63, 3.8) is 0 Å². The van der Waals surface area contributed by atoms with Gasteiger partial charge in [0, 0.05) is 36.7 Å². The summed E-state index contributed by atoms with van der Waals surface area (Å²) in [6.45, 7) is 4.63. The second-order valence-corrected chi connectivity index (χ2v) is 16.4. The number of benzene rings is 3. The van der Waals surface area contributed by atoms with Crippen molar-refractivity contribution >= 4 is 50.3 Å². The molecule has 3 saturated heterocycles. The van der Waals surface area contributed by atoms with E-state index < -0.39 is 37.8 Å². The molecule has 1 N–H and O–H groups in total. The number of hydrogen-bond donors (Lipinski definition) is 1. The van der Waals surface area contributed by atoms with Crippen molar-refractivity contribution in [2.75, 3.05) is 19.7 Å². The van der Waals surface area contributed by atoms with Crippen LogP contribution in [0, 0.1) is 12.7 Å². The smallest absolute Gasteiger partial charge is 0.334 e. The normalized spacial score (nSPS) is 28.6. The zero-order valence-corrected chi connectivity index (χ0v) is 30.5. The van der Waals surface area contributed by atoms with Crippen LogP contribution in [0.3, 0.4) is 0 Å². The van der Waals surface area contributed by atoms with Gasteiger partial charge in [0.05, 0.1) is 15.9 Å². The number of likely N-dealkylation sites (tertiary alicyclic amines) is 1. The van der Waals surface area contributed by atoms with Crippen LogP contribution in [0.2, 0.25) is 0 Å². The van der Waals surface area contributed by atoms with Crippen LogP contribution in [0.15, 0.2) is 83.8 Å². The average molecular weight is 743 g/mol. The number of halogens is 3. The van der Waals surface area contributed by atoms with Gasteiger partial charge in [0.25, 0.3) is 10.0 Å². The first-order valence-electron chi connectivity index (χ1n) is 17.3. The van der Waals surface area contributed by atoms with Crippen LogP contribution >= 0.6 is 23.2 Å². The van der Waals surface area contributed by atoms with E-state index in [1.807, 2.05) is 12.1 Å². The zero-order valence-electron chi connectivity index (χ0n) is 28.1. The Morgan fingerprint density at radius 1 is 1.02 bits per heavy atom. The lowest BCUT2D eigenvalue weighted by Crippen LogP contribution is -2.68. The largest absolute Gasteiger partial charge is 0.341 e. The second-order valence-electron chi connectivity index (χ2n) is 13.7. The van der Waals surface area contributed by atoms with Crippen LogP contribution in [0.4, 0.5) is 9.18 Å². The number of urea groups is 1. The molecule has 3 aliphatic rings. The topological polar surface area (TPSA) is 96.8 Å². The molecular formula is C37H42Cl2FN5O4S. The van der Waals surface area contributed by atoms with Crippen LogP contribution < -0.4 is 4.72 Å². The molecule has 4 unspecified atom stereocenters. The fraction of sp³-hybridized carbons (Fsp3) is 0.459. The van der Waals surface area contributed by atoms with Gasteiger partial charge in [-0.15, -0.1) is 11.6 Å². The molecule has 2 bridgehead atoms. The molecule has 0 saturated carbocycles. The van der Waals surface area contributed by atoms with Gasteiger partial charge in [0.2, 0.25) is 5.18 Å². The fourth-order valence-electron chi connectivity index (χ4n) is 8.75. The van der Waals surface area contributed by atoms with Gasteiger partial charge in [-0.2, -0.15) is 0 Å². The molecule has 0 radical (unpaired) electrons. The summed E-state index contributed by atoms with van der Waals surface area (Å²) >= 11 is 14.7. The number of hydrogen-bond acceptors (Lipinski definition) is 6. The molecular weight excluding hydrogens is 700 g/mol. The maximum atomic E-state index is 14.9. The molecule has 50 heavy (non-hydrogen) atoms. The highest BCUT2D eigenvalue weighted by Crippen LogP contribution is 2.52. The molecule has 1 aromatic heterocycles. The summed E-state index contributed by atoms with van der Waals surface area (Å²) in [5.41, 5.74) is 1.95. The molecule has 3 fully saturated rings. The number of aromatic nitrogens is 2. The van der Waals surface area contributed by atoms with E-state index >= 15 is 0 Å². The van der Waals surface area contributed by atoms with Crippen LogP contribution in [-0.2, 0) is 20.2 Å². The molecule has 7 rings (SSSR count). The predicted molar refractivity (Wildman–Crippen MR) is 192 cm³/mol. The summed E-state index contributed by atoms with van der Waals surface area (Å²) in [6, 6.07) is 22.4. The lowest BCUT2D eigenvalue weighted by Gasteiger charge is -2.54. The van der Waals surface area contributed by atoms with E-state index in [0.717, 1.165) is 41.9 Å². The molecule has 3 aromatic carbocycles. The third-order valence-corrected chi connectivity index (χ3v) is 13.7. The van der Waals surface area contributed by atoms with Crippen molar-refractivity contribution < 1.29 is 22.3 Å². The molecule has 266 valence electrons. The summed E-state index contributed by atoms with van der Waals surface area (Å²) in [6.07, 6.45) is 5.03. The van der Waals surface area contributed by atoms with Crippen LogP contribution in [0.25, 0.3) is 11.0 Å². The third kappa shape index (κ3) is 6.19. The Labute approximate surface area is 302 Å². The van der Waals surface area contributed by atoms with Gasteiger partial charge in [-0.05, 0) is 101 Å². The standard InChI is InChI=1S/C37H42Cl2FN5O4S/c1-3-49-37(39)34(38)36(26-10-9-11-27(40)22-26,19-21-44(37)35(46)42-50(47,48)31-12-5-4-6-13-31)18-20-43-28-16-17-29(43)24-30(23-28)45-25(2)41-32-14-7-8-15-33(32)45/h4-15,22,28-30,34H,3,16-21,23-24H2,1-2H3,(H,42,46)/t28-,29+,30?,34?,36?,37?. The van der Waals surface area contributed by atoms with Crippen molar-refractivity contribution in [1.82, 2.24) is 24.1 Å². The van der Waals surface area contributed by atoms with E-state index in [-0.39, 0.29) is 18.0 Å². The number of sulfonamides is 1. The number of carbonyl (C=O) groups is 1. The quantitative estimate of drug-likeness (QED) is 0.143. The third-order valence-electron chi connectivity index (χ3n) is 11.0. The number of aryl methyl sites for hydroxylation is 1. The Hall–Kier alpha value is -3.22. The first-order chi connectivity index (χ1) is 24.0. The Morgan fingerprint density at radius 2 is 1.72 bits per heavy atom. The number of rotatable bonds is 9. The minimum absolute atomic E-state index is 0.0291. The zero-order chi connectivity index (χ0) is 35.3. The van der Waals surface area contributed by atoms with E-state index in [2.05, 4.69) is 39.3 Å². The Balaban J connectivity index is 1.15. The second kappa shape index (κ2) is 13.7. The van der Waals surface area contributed by atoms with Crippen molar-refractivity contribution in [2.24, 2.45) is 0 Å². The molecule has 3 aliphatic heterocycles. The molecule has 13 heteroatoms. The van der Waals surface area contributed by atoms with Crippen molar-refractivity contribution in [3.05, 3.63) is 96.1 Å². The SMILES string of the molecule is CCOC1(Cl)C(Cl)C(CCN2[C@@H]3CC[C@H]2CC(n2c(C)nc4ccccc42)C3)(c2cccc(F)c2)CCN1C(=O)NS(=O)(=O)c1ccccc1. The number of carbonyl (C=O) groups excluding carboxylic acids is 1. The first-order valence-corrected chi connectivity index (χ1v) is 19.6.